The van der Waals surface area contributed by atoms with Crippen molar-refractivity contribution < 1.29 is 18.0 Å². The molecule has 1 fully saturated rings. The molecule has 1 saturated heterocycles. The molecule has 25 heavy (non-hydrogen) atoms. The summed E-state index contributed by atoms with van der Waals surface area (Å²) in [6, 6.07) is 3.59. The third-order valence-electron chi connectivity index (χ3n) is 4.00. The molecule has 0 saturated carbocycles. The summed E-state index contributed by atoms with van der Waals surface area (Å²) >= 11 is 5.08. The Labute approximate surface area is 150 Å². The largest absolute Gasteiger partial charge is 0.416 e. The summed E-state index contributed by atoms with van der Waals surface area (Å²) in [5, 5.41) is 5.28. The van der Waals surface area contributed by atoms with Crippen LogP contribution in [0, 0.1) is 0 Å². The zero-order chi connectivity index (χ0) is 18.4. The summed E-state index contributed by atoms with van der Waals surface area (Å²) in [6.45, 7) is 3.43. The highest BCUT2D eigenvalue weighted by atomic mass is 32.1. The first kappa shape index (κ1) is 19.5. The molecular formula is C17H22F3N3OS. The van der Waals surface area contributed by atoms with Crippen LogP contribution in [0.3, 0.4) is 0 Å². The fraction of sp³-hybridized carbons (Fsp3) is 0.529. The first-order chi connectivity index (χ1) is 11.8. The number of benzene rings is 1. The Bertz CT molecular complexity index is 628. The summed E-state index contributed by atoms with van der Waals surface area (Å²) in [5.41, 5.74) is 0.178. The second-order valence-corrected chi connectivity index (χ2v) is 6.44. The van der Waals surface area contributed by atoms with E-state index in [1.54, 1.807) is 0 Å². The fourth-order valence-electron chi connectivity index (χ4n) is 2.79. The van der Waals surface area contributed by atoms with Gasteiger partial charge in [0.15, 0.2) is 5.11 Å². The van der Waals surface area contributed by atoms with Crippen LogP contribution in [-0.4, -0.2) is 24.1 Å². The Hall–Kier alpha value is -1.83. The monoisotopic (exact) mass is 373 g/mol. The molecule has 0 spiro atoms. The predicted octanol–water partition coefficient (Wildman–Crippen LogP) is 4.31. The van der Waals surface area contributed by atoms with Crippen LogP contribution in [-0.2, 0) is 11.0 Å². The van der Waals surface area contributed by atoms with Crippen LogP contribution in [0.5, 0.6) is 0 Å². The van der Waals surface area contributed by atoms with E-state index in [4.69, 9.17) is 12.2 Å². The minimum atomic E-state index is -4.44. The van der Waals surface area contributed by atoms with Crippen molar-refractivity contribution in [1.29, 1.82) is 0 Å². The van der Waals surface area contributed by atoms with Crippen LogP contribution in [0.2, 0.25) is 0 Å². The van der Waals surface area contributed by atoms with Gasteiger partial charge in [-0.15, -0.1) is 0 Å². The van der Waals surface area contributed by atoms with Gasteiger partial charge in [-0.2, -0.15) is 13.2 Å². The molecule has 4 nitrogen and oxygen atoms in total. The van der Waals surface area contributed by atoms with Crippen LogP contribution in [0.25, 0.3) is 0 Å². The Kier molecular flexibility index (Phi) is 6.64. The number of anilines is 2. The maximum absolute atomic E-state index is 13.0. The van der Waals surface area contributed by atoms with E-state index in [-0.39, 0.29) is 16.7 Å². The number of hydrogen-bond acceptors (Lipinski definition) is 3. The number of nitrogens with zero attached hydrogens (tertiary/aromatic N) is 1. The minimum Gasteiger partial charge on any atom is -0.370 e. The second kappa shape index (κ2) is 8.51. The summed E-state index contributed by atoms with van der Waals surface area (Å²) in [6.07, 6.45) is -0.355. The Balaban J connectivity index is 2.24. The van der Waals surface area contributed by atoms with Gasteiger partial charge in [0.2, 0.25) is 5.91 Å². The lowest BCUT2D eigenvalue weighted by Crippen LogP contribution is -2.35. The molecular weight excluding hydrogens is 351 g/mol. The standard InChI is InChI=1S/C17H22F3N3OS/c1-2-6-15(24)22-16(25)21-13-11-12(17(18,19)20)7-8-14(13)23-9-4-3-5-10-23/h7-8,11H,2-6,9-10H2,1H3,(H2,21,22,24,25). The van der Waals surface area contributed by atoms with E-state index in [1.807, 2.05) is 11.8 Å². The van der Waals surface area contributed by atoms with Gasteiger partial charge in [-0.1, -0.05) is 6.92 Å². The lowest BCUT2D eigenvalue weighted by molar-refractivity contribution is -0.137. The topological polar surface area (TPSA) is 44.4 Å². The summed E-state index contributed by atoms with van der Waals surface area (Å²) in [7, 11) is 0. The van der Waals surface area contributed by atoms with Crippen molar-refractivity contribution in [3.8, 4) is 0 Å². The van der Waals surface area contributed by atoms with Gasteiger partial charge in [-0.05, 0) is 56.1 Å². The molecule has 1 aromatic rings. The van der Waals surface area contributed by atoms with Gasteiger partial charge in [0.1, 0.15) is 0 Å². The molecule has 0 atom stereocenters. The van der Waals surface area contributed by atoms with Crippen LogP contribution < -0.4 is 15.5 Å². The minimum absolute atomic E-state index is 0.0102. The SMILES string of the molecule is CCCC(=O)NC(=S)Nc1cc(C(F)(F)F)ccc1N1CCCCC1. The number of halogens is 3. The molecule has 0 aromatic heterocycles. The van der Waals surface area contributed by atoms with E-state index in [1.165, 1.54) is 6.07 Å². The zero-order valence-corrected chi connectivity index (χ0v) is 14.9. The van der Waals surface area contributed by atoms with Gasteiger partial charge in [-0.3, -0.25) is 4.79 Å². The van der Waals surface area contributed by atoms with Gasteiger partial charge in [0, 0.05) is 19.5 Å². The van der Waals surface area contributed by atoms with E-state index in [0.717, 1.165) is 44.5 Å². The number of alkyl halides is 3. The highest BCUT2D eigenvalue weighted by Gasteiger charge is 2.31. The molecule has 0 aliphatic carbocycles. The van der Waals surface area contributed by atoms with Gasteiger partial charge in [0.05, 0.1) is 16.9 Å². The molecule has 138 valence electrons. The maximum Gasteiger partial charge on any atom is 0.416 e. The number of carbonyl (C=O) groups excluding carboxylic acids is 1. The van der Waals surface area contributed by atoms with E-state index in [0.29, 0.717) is 18.5 Å². The van der Waals surface area contributed by atoms with Gasteiger partial charge >= 0.3 is 6.18 Å². The molecule has 8 heteroatoms. The van der Waals surface area contributed by atoms with Crippen LogP contribution in [0.1, 0.15) is 44.6 Å². The van der Waals surface area contributed by atoms with Crippen molar-refractivity contribution in [3.63, 3.8) is 0 Å². The second-order valence-electron chi connectivity index (χ2n) is 6.03. The summed E-state index contributed by atoms with van der Waals surface area (Å²) in [5.74, 6) is -0.258. The van der Waals surface area contributed by atoms with E-state index in [9.17, 15) is 18.0 Å². The van der Waals surface area contributed by atoms with Crippen molar-refractivity contribution in [3.05, 3.63) is 23.8 Å². The number of nitrogens with one attached hydrogen (secondary N) is 2. The van der Waals surface area contributed by atoms with E-state index >= 15 is 0 Å². The quantitative estimate of drug-likeness (QED) is 0.772. The average molecular weight is 373 g/mol. The fourth-order valence-corrected chi connectivity index (χ4v) is 3.02. The van der Waals surface area contributed by atoms with Gasteiger partial charge < -0.3 is 15.5 Å². The molecule has 0 bridgehead atoms. The Morgan fingerprint density at radius 2 is 1.92 bits per heavy atom. The summed E-state index contributed by atoms with van der Waals surface area (Å²) in [4.78, 5) is 13.7. The molecule has 2 N–H and O–H groups in total. The maximum atomic E-state index is 13.0. The molecule has 1 amide bonds. The normalized spacial score (nSPS) is 15.0. The zero-order valence-electron chi connectivity index (χ0n) is 14.1. The molecule has 2 rings (SSSR count). The number of carbonyl (C=O) groups is 1. The Morgan fingerprint density at radius 3 is 2.52 bits per heavy atom. The number of thiocarbonyl (C=S) groups is 1. The highest BCUT2D eigenvalue weighted by molar-refractivity contribution is 7.80. The summed E-state index contributed by atoms with van der Waals surface area (Å²) < 4.78 is 39.1. The number of amides is 1. The van der Waals surface area contributed by atoms with E-state index in [2.05, 4.69) is 10.6 Å². The first-order valence-electron chi connectivity index (χ1n) is 8.38. The van der Waals surface area contributed by atoms with Crippen molar-refractivity contribution in [1.82, 2.24) is 5.32 Å². The molecule has 1 aliphatic heterocycles. The molecule has 1 aromatic carbocycles. The number of rotatable bonds is 4. The van der Waals surface area contributed by atoms with Crippen LogP contribution in [0.4, 0.5) is 24.5 Å². The molecule has 1 heterocycles. The predicted molar refractivity (Wildman–Crippen MR) is 96.8 cm³/mol. The van der Waals surface area contributed by atoms with Gasteiger partial charge in [-0.25, -0.2) is 0 Å². The van der Waals surface area contributed by atoms with E-state index < -0.39 is 11.7 Å². The Morgan fingerprint density at radius 1 is 1.24 bits per heavy atom. The van der Waals surface area contributed by atoms with Crippen molar-refractivity contribution >= 4 is 34.6 Å². The van der Waals surface area contributed by atoms with Crippen molar-refractivity contribution in [2.24, 2.45) is 0 Å². The molecule has 0 unspecified atom stereocenters. The lowest BCUT2D eigenvalue weighted by Gasteiger charge is -2.31. The lowest BCUT2D eigenvalue weighted by atomic mass is 10.1. The number of piperidine rings is 1. The third-order valence-corrected chi connectivity index (χ3v) is 4.20. The number of hydrogen-bond donors (Lipinski definition) is 2. The average Bonchev–Trinajstić information content (AvgIpc) is 2.54. The van der Waals surface area contributed by atoms with Crippen molar-refractivity contribution in [2.75, 3.05) is 23.3 Å². The smallest absolute Gasteiger partial charge is 0.370 e. The molecule has 1 aliphatic rings. The molecule has 0 radical (unpaired) electrons. The van der Waals surface area contributed by atoms with Crippen molar-refractivity contribution in [2.45, 2.75) is 45.2 Å². The van der Waals surface area contributed by atoms with Crippen LogP contribution >= 0.6 is 12.2 Å². The van der Waals surface area contributed by atoms with Gasteiger partial charge in [0.25, 0.3) is 0 Å². The third kappa shape index (κ3) is 5.59. The first-order valence-corrected chi connectivity index (χ1v) is 8.79. The highest BCUT2D eigenvalue weighted by Crippen LogP contribution is 2.36. The van der Waals surface area contributed by atoms with Crippen LogP contribution in [0.15, 0.2) is 18.2 Å².